The highest BCUT2D eigenvalue weighted by Gasteiger charge is 2.46. The van der Waals surface area contributed by atoms with Crippen molar-refractivity contribution in [3.8, 4) is 0 Å². The molecular formula is C17H25NO2. The molecule has 2 atom stereocenters. The van der Waals surface area contributed by atoms with Crippen molar-refractivity contribution in [1.82, 2.24) is 0 Å². The van der Waals surface area contributed by atoms with Crippen LogP contribution in [0.3, 0.4) is 0 Å². The number of aryl methyl sites for hydroxylation is 1. The van der Waals surface area contributed by atoms with Gasteiger partial charge in [-0.25, -0.2) is 4.79 Å². The second kappa shape index (κ2) is 6.29. The van der Waals surface area contributed by atoms with Gasteiger partial charge in [-0.2, -0.15) is 0 Å². The van der Waals surface area contributed by atoms with Crippen molar-refractivity contribution in [2.75, 3.05) is 11.9 Å². The van der Waals surface area contributed by atoms with Crippen molar-refractivity contribution in [3.63, 3.8) is 0 Å². The summed E-state index contributed by atoms with van der Waals surface area (Å²) in [7, 11) is 0. The normalized spacial score (nSPS) is 26.1. The van der Waals surface area contributed by atoms with E-state index in [9.17, 15) is 4.79 Å². The summed E-state index contributed by atoms with van der Waals surface area (Å²) in [5.74, 6) is 0.185. The Hall–Kier alpha value is -1.51. The minimum Gasteiger partial charge on any atom is -0.464 e. The number of esters is 1. The summed E-state index contributed by atoms with van der Waals surface area (Å²) in [6.45, 7) is 6.51. The maximum Gasteiger partial charge on any atom is 0.332 e. The zero-order chi connectivity index (χ0) is 14.6. The molecule has 1 aliphatic carbocycles. The number of benzene rings is 1. The molecule has 1 N–H and O–H groups in total. The number of carbonyl (C=O) groups excluding carboxylic acids is 1. The maximum absolute atomic E-state index is 12.5. The number of carbonyl (C=O) groups is 1. The van der Waals surface area contributed by atoms with E-state index in [2.05, 4.69) is 31.3 Å². The van der Waals surface area contributed by atoms with Crippen molar-refractivity contribution in [2.24, 2.45) is 5.92 Å². The average molecular weight is 275 g/mol. The SMILES string of the molecule is CCOC(=O)C1(Nc2cccc(C)c2)CCCCC1C. The monoisotopic (exact) mass is 275 g/mol. The molecule has 0 aromatic heterocycles. The zero-order valence-corrected chi connectivity index (χ0v) is 12.7. The molecule has 1 saturated carbocycles. The van der Waals surface area contributed by atoms with Gasteiger partial charge in [0.2, 0.25) is 0 Å². The van der Waals surface area contributed by atoms with Crippen molar-refractivity contribution in [2.45, 2.75) is 52.0 Å². The lowest BCUT2D eigenvalue weighted by Gasteiger charge is -2.41. The summed E-state index contributed by atoms with van der Waals surface area (Å²) in [4.78, 5) is 12.5. The maximum atomic E-state index is 12.5. The van der Waals surface area contributed by atoms with E-state index in [4.69, 9.17) is 4.74 Å². The smallest absolute Gasteiger partial charge is 0.332 e. The van der Waals surface area contributed by atoms with E-state index in [0.717, 1.165) is 24.9 Å². The second-order valence-corrected chi connectivity index (χ2v) is 5.83. The molecule has 20 heavy (non-hydrogen) atoms. The second-order valence-electron chi connectivity index (χ2n) is 5.83. The summed E-state index contributed by atoms with van der Waals surface area (Å²) in [5.41, 5.74) is 1.63. The molecule has 0 spiro atoms. The van der Waals surface area contributed by atoms with E-state index in [-0.39, 0.29) is 11.9 Å². The van der Waals surface area contributed by atoms with Gasteiger partial charge >= 0.3 is 5.97 Å². The van der Waals surface area contributed by atoms with Crippen LogP contribution >= 0.6 is 0 Å². The Morgan fingerprint density at radius 3 is 2.90 bits per heavy atom. The molecule has 110 valence electrons. The molecule has 0 radical (unpaired) electrons. The van der Waals surface area contributed by atoms with Crippen LogP contribution in [0.2, 0.25) is 0 Å². The van der Waals surface area contributed by atoms with Crippen LogP contribution in [0.15, 0.2) is 24.3 Å². The lowest BCUT2D eigenvalue weighted by molar-refractivity contribution is -0.151. The Labute approximate surface area is 121 Å². The van der Waals surface area contributed by atoms with Gasteiger partial charge in [-0.05, 0) is 50.3 Å². The first kappa shape index (κ1) is 14.9. The molecule has 3 nitrogen and oxygen atoms in total. The van der Waals surface area contributed by atoms with Gasteiger partial charge in [0.15, 0.2) is 0 Å². The molecule has 0 bridgehead atoms. The molecule has 0 heterocycles. The predicted molar refractivity (Wildman–Crippen MR) is 81.8 cm³/mol. The van der Waals surface area contributed by atoms with E-state index >= 15 is 0 Å². The molecule has 2 rings (SSSR count). The Bertz CT molecular complexity index is 472. The van der Waals surface area contributed by atoms with Gasteiger partial charge in [-0.15, -0.1) is 0 Å². The van der Waals surface area contributed by atoms with Gasteiger partial charge in [0.25, 0.3) is 0 Å². The third-order valence-corrected chi connectivity index (χ3v) is 4.32. The van der Waals surface area contributed by atoms with Gasteiger partial charge in [-0.3, -0.25) is 0 Å². The van der Waals surface area contributed by atoms with E-state index in [1.165, 1.54) is 12.0 Å². The fourth-order valence-corrected chi connectivity index (χ4v) is 3.13. The number of hydrogen-bond donors (Lipinski definition) is 1. The number of hydrogen-bond acceptors (Lipinski definition) is 3. The lowest BCUT2D eigenvalue weighted by atomic mass is 9.73. The quantitative estimate of drug-likeness (QED) is 0.846. The van der Waals surface area contributed by atoms with Crippen LogP contribution in [0.5, 0.6) is 0 Å². The largest absolute Gasteiger partial charge is 0.464 e. The Balaban J connectivity index is 2.28. The van der Waals surface area contributed by atoms with E-state index < -0.39 is 5.54 Å². The summed E-state index contributed by atoms with van der Waals surface area (Å²) < 4.78 is 5.36. The van der Waals surface area contributed by atoms with Crippen LogP contribution in [0, 0.1) is 12.8 Å². The number of ether oxygens (including phenoxy) is 1. The molecule has 3 heteroatoms. The summed E-state index contributed by atoms with van der Waals surface area (Å²) in [5, 5.41) is 3.50. The number of anilines is 1. The molecule has 2 unspecified atom stereocenters. The Morgan fingerprint density at radius 2 is 2.25 bits per heavy atom. The third kappa shape index (κ3) is 2.97. The highest BCUT2D eigenvalue weighted by Crippen LogP contribution is 2.37. The molecule has 1 aromatic carbocycles. The highest BCUT2D eigenvalue weighted by atomic mass is 16.5. The number of nitrogens with one attached hydrogen (secondary N) is 1. The first-order valence-electron chi connectivity index (χ1n) is 7.60. The first-order valence-corrected chi connectivity index (χ1v) is 7.60. The van der Waals surface area contributed by atoms with Crippen LogP contribution < -0.4 is 5.32 Å². The summed E-state index contributed by atoms with van der Waals surface area (Å²) in [6, 6.07) is 8.19. The minimum atomic E-state index is -0.567. The van der Waals surface area contributed by atoms with Gasteiger partial charge in [0.05, 0.1) is 6.61 Å². The fourth-order valence-electron chi connectivity index (χ4n) is 3.13. The van der Waals surface area contributed by atoms with E-state index in [1.807, 2.05) is 19.1 Å². The predicted octanol–water partition coefficient (Wildman–Crippen LogP) is 3.92. The first-order chi connectivity index (χ1) is 9.58. The van der Waals surface area contributed by atoms with Crippen LogP contribution in [0.25, 0.3) is 0 Å². The van der Waals surface area contributed by atoms with Gasteiger partial charge in [0, 0.05) is 5.69 Å². The summed E-state index contributed by atoms with van der Waals surface area (Å²) >= 11 is 0. The lowest BCUT2D eigenvalue weighted by Crippen LogP contribution is -2.54. The fraction of sp³-hybridized carbons (Fsp3) is 0.588. The van der Waals surface area contributed by atoms with Gasteiger partial charge in [0.1, 0.15) is 5.54 Å². The van der Waals surface area contributed by atoms with Crippen LogP contribution in [0.1, 0.15) is 45.1 Å². The van der Waals surface area contributed by atoms with Crippen molar-refractivity contribution < 1.29 is 9.53 Å². The summed E-state index contributed by atoms with van der Waals surface area (Å²) in [6.07, 6.45) is 4.18. The van der Waals surface area contributed by atoms with Crippen molar-refractivity contribution in [3.05, 3.63) is 29.8 Å². The van der Waals surface area contributed by atoms with Crippen LogP contribution in [-0.4, -0.2) is 18.1 Å². The topological polar surface area (TPSA) is 38.3 Å². The van der Waals surface area contributed by atoms with Crippen molar-refractivity contribution >= 4 is 11.7 Å². The van der Waals surface area contributed by atoms with Gasteiger partial charge in [-0.1, -0.05) is 31.9 Å². The van der Waals surface area contributed by atoms with Crippen LogP contribution in [-0.2, 0) is 9.53 Å². The Kier molecular flexibility index (Phi) is 4.69. The molecular weight excluding hydrogens is 250 g/mol. The van der Waals surface area contributed by atoms with Crippen molar-refractivity contribution in [1.29, 1.82) is 0 Å². The standard InChI is InChI=1S/C17H25NO2/c1-4-20-16(19)17(11-6-5-9-14(17)3)18-15-10-7-8-13(2)12-15/h7-8,10,12,14,18H,4-6,9,11H2,1-3H3. The number of rotatable bonds is 4. The Morgan fingerprint density at radius 1 is 1.45 bits per heavy atom. The molecule has 0 aliphatic heterocycles. The third-order valence-electron chi connectivity index (χ3n) is 4.32. The van der Waals surface area contributed by atoms with Gasteiger partial charge < -0.3 is 10.1 Å². The molecule has 1 aliphatic rings. The molecule has 0 amide bonds. The molecule has 1 aromatic rings. The minimum absolute atomic E-state index is 0.103. The van der Waals surface area contributed by atoms with Crippen LogP contribution in [0.4, 0.5) is 5.69 Å². The molecule has 1 fully saturated rings. The van der Waals surface area contributed by atoms with E-state index in [0.29, 0.717) is 6.61 Å². The molecule has 0 saturated heterocycles. The van der Waals surface area contributed by atoms with E-state index in [1.54, 1.807) is 0 Å². The average Bonchev–Trinajstić information content (AvgIpc) is 2.42. The zero-order valence-electron chi connectivity index (χ0n) is 12.7. The highest BCUT2D eigenvalue weighted by molar-refractivity contribution is 5.85.